The molecule has 0 bridgehead atoms. The van der Waals surface area contributed by atoms with Crippen LogP contribution < -0.4 is 5.32 Å². The van der Waals surface area contributed by atoms with Gasteiger partial charge in [-0.25, -0.2) is 0 Å². The fourth-order valence-corrected chi connectivity index (χ4v) is 3.15. The number of nitrogens with one attached hydrogen (secondary N) is 1. The first kappa shape index (κ1) is 12.2. The summed E-state index contributed by atoms with van der Waals surface area (Å²) < 4.78 is 0. The Hall–Kier alpha value is -0.860. The predicted molar refractivity (Wildman–Crippen MR) is 73.7 cm³/mol. The van der Waals surface area contributed by atoms with Crippen LogP contribution in [0, 0.1) is 5.41 Å². The Labute approximate surface area is 109 Å². The van der Waals surface area contributed by atoms with Crippen LogP contribution in [-0.4, -0.2) is 24.8 Å². The molecule has 0 heterocycles. The number of benzene rings is 1. The van der Waals surface area contributed by atoms with E-state index in [1.165, 1.54) is 32.1 Å². The number of rotatable bonds is 5. The Morgan fingerprint density at radius 3 is 2.89 bits per heavy atom. The minimum Gasteiger partial charge on any atom is -0.396 e. The second kappa shape index (κ2) is 5.02. The Morgan fingerprint density at radius 1 is 1.28 bits per heavy atom. The molecule has 98 valence electrons. The van der Waals surface area contributed by atoms with E-state index in [1.54, 1.807) is 11.1 Å². The Kier molecular flexibility index (Phi) is 3.40. The molecule has 2 aliphatic rings. The summed E-state index contributed by atoms with van der Waals surface area (Å²) in [5.41, 5.74) is 3.32. The minimum absolute atomic E-state index is 0.230. The number of hydrogen-bond donors (Lipinski definition) is 2. The van der Waals surface area contributed by atoms with Crippen LogP contribution in [0.5, 0.6) is 0 Å². The number of aliphatic hydroxyl groups excluding tert-OH is 1. The van der Waals surface area contributed by atoms with Crippen LogP contribution in [0.25, 0.3) is 0 Å². The molecule has 1 aromatic rings. The lowest BCUT2D eigenvalue weighted by Gasteiger charge is -2.26. The fourth-order valence-electron chi connectivity index (χ4n) is 3.15. The molecule has 2 N–H and O–H groups in total. The van der Waals surface area contributed by atoms with E-state index in [1.807, 2.05) is 0 Å². The molecule has 0 spiro atoms. The molecular weight excluding hydrogens is 222 g/mol. The van der Waals surface area contributed by atoms with E-state index in [-0.39, 0.29) is 5.41 Å². The summed E-state index contributed by atoms with van der Waals surface area (Å²) in [7, 11) is 0. The molecule has 0 aliphatic heterocycles. The molecule has 2 aliphatic carbocycles. The average molecular weight is 245 g/mol. The van der Waals surface area contributed by atoms with Crippen molar-refractivity contribution in [2.75, 3.05) is 19.7 Å². The van der Waals surface area contributed by atoms with Gasteiger partial charge in [-0.1, -0.05) is 24.3 Å². The molecule has 0 radical (unpaired) electrons. The molecule has 0 saturated heterocycles. The van der Waals surface area contributed by atoms with E-state index in [0.717, 1.165) is 13.1 Å². The maximum absolute atomic E-state index is 9.31. The molecule has 1 aromatic carbocycles. The predicted octanol–water partition coefficient (Wildman–Crippen LogP) is 2.47. The van der Waals surface area contributed by atoms with Gasteiger partial charge in [-0.05, 0) is 49.1 Å². The normalized spacial score (nSPS) is 24.6. The summed E-state index contributed by atoms with van der Waals surface area (Å²) >= 11 is 0. The summed E-state index contributed by atoms with van der Waals surface area (Å²) in [6.07, 6.45) is 6.24. The second-order valence-corrected chi connectivity index (χ2v) is 6.08. The van der Waals surface area contributed by atoms with Gasteiger partial charge < -0.3 is 10.4 Å². The minimum atomic E-state index is 0.230. The van der Waals surface area contributed by atoms with Gasteiger partial charge in [0.1, 0.15) is 0 Å². The van der Waals surface area contributed by atoms with E-state index < -0.39 is 0 Å². The lowest BCUT2D eigenvalue weighted by molar-refractivity contribution is 0.207. The van der Waals surface area contributed by atoms with Crippen LogP contribution in [0.3, 0.4) is 0 Å². The van der Waals surface area contributed by atoms with Gasteiger partial charge in [0.2, 0.25) is 0 Å². The lowest BCUT2D eigenvalue weighted by Crippen LogP contribution is -2.31. The van der Waals surface area contributed by atoms with Gasteiger partial charge in [0, 0.05) is 25.1 Å². The van der Waals surface area contributed by atoms with E-state index in [0.29, 0.717) is 12.5 Å². The summed E-state index contributed by atoms with van der Waals surface area (Å²) in [5.74, 6) is 0.671. The van der Waals surface area contributed by atoms with Crippen molar-refractivity contribution in [2.45, 2.75) is 38.0 Å². The lowest BCUT2D eigenvalue weighted by atomic mass is 9.83. The second-order valence-electron chi connectivity index (χ2n) is 6.08. The zero-order chi connectivity index (χ0) is 12.4. The highest BCUT2D eigenvalue weighted by Crippen LogP contribution is 2.44. The molecule has 0 aromatic heterocycles. The fraction of sp³-hybridized carbons (Fsp3) is 0.625. The molecule has 18 heavy (non-hydrogen) atoms. The highest BCUT2D eigenvalue weighted by molar-refractivity contribution is 5.32. The van der Waals surface area contributed by atoms with E-state index in [2.05, 4.69) is 29.6 Å². The van der Waals surface area contributed by atoms with E-state index in [4.69, 9.17) is 0 Å². The van der Waals surface area contributed by atoms with Crippen LogP contribution >= 0.6 is 0 Å². The quantitative estimate of drug-likeness (QED) is 0.835. The Bertz CT molecular complexity index is 411. The summed E-state index contributed by atoms with van der Waals surface area (Å²) in [6.45, 7) is 2.40. The van der Waals surface area contributed by atoms with Crippen molar-refractivity contribution >= 4 is 0 Å². The molecule has 2 nitrogen and oxygen atoms in total. The van der Waals surface area contributed by atoms with Crippen LogP contribution in [0.1, 0.15) is 42.7 Å². The van der Waals surface area contributed by atoms with Crippen LogP contribution in [-0.2, 0) is 6.42 Å². The monoisotopic (exact) mass is 245 g/mol. The molecule has 2 heteroatoms. The maximum Gasteiger partial charge on any atom is 0.0499 e. The zero-order valence-electron chi connectivity index (χ0n) is 11.0. The van der Waals surface area contributed by atoms with E-state index >= 15 is 0 Å². The Balaban J connectivity index is 1.57. The van der Waals surface area contributed by atoms with Crippen molar-refractivity contribution in [3.05, 3.63) is 35.4 Å². The molecule has 1 fully saturated rings. The van der Waals surface area contributed by atoms with Crippen molar-refractivity contribution in [1.29, 1.82) is 0 Å². The van der Waals surface area contributed by atoms with Crippen LogP contribution in [0.4, 0.5) is 0 Å². The highest BCUT2D eigenvalue weighted by atomic mass is 16.3. The summed E-state index contributed by atoms with van der Waals surface area (Å²) in [6, 6.07) is 8.88. The maximum atomic E-state index is 9.31. The van der Waals surface area contributed by atoms with Gasteiger partial charge in [0.15, 0.2) is 0 Å². The molecule has 0 amide bonds. The van der Waals surface area contributed by atoms with Crippen molar-refractivity contribution in [3.63, 3.8) is 0 Å². The molecule has 3 rings (SSSR count). The number of fused-ring (bicyclic) bond motifs is 1. The van der Waals surface area contributed by atoms with Crippen LogP contribution in [0.15, 0.2) is 24.3 Å². The third kappa shape index (κ3) is 2.45. The molecule has 1 unspecified atom stereocenters. The first-order chi connectivity index (χ1) is 8.83. The van der Waals surface area contributed by atoms with Gasteiger partial charge in [0.05, 0.1) is 0 Å². The number of aryl methyl sites for hydroxylation is 1. The van der Waals surface area contributed by atoms with Crippen molar-refractivity contribution in [1.82, 2.24) is 5.32 Å². The largest absolute Gasteiger partial charge is 0.396 e. The molecule has 1 atom stereocenters. The summed E-state index contributed by atoms with van der Waals surface area (Å²) in [4.78, 5) is 0. The van der Waals surface area contributed by atoms with Crippen molar-refractivity contribution in [2.24, 2.45) is 5.41 Å². The standard InChI is InChI=1S/C16H23NO/c18-12-16(8-9-16)11-17-10-14-6-3-5-13-4-1-2-7-15(13)14/h1-2,4,7,14,17-18H,3,5-6,8-12H2. The topological polar surface area (TPSA) is 32.3 Å². The van der Waals surface area contributed by atoms with Crippen molar-refractivity contribution < 1.29 is 5.11 Å². The number of hydrogen-bond acceptors (Lipinski definition) is 2. The molecular formula is C16H23NO. The first-order valence-electron chi connectivity index (χ1n) is 7.22. The smallest absolute Gasteiger partial charge is 0.0499 e. The van der Waals surface area contributed by atoms with Crippen molar-refractivity contribution in [3.8, 4) is 0 Å². The van der Waals surface area contributed by atoms with E-state index in [9.17, 15) is 5.11 Å². The molecule has 1 saturated carbocycles. The van der Waals surface area contributed by atoms with Gasteiger partial charge in [0.25, 0.3) is 0 Å². The first-order valence-corrected chi connectivity index (χ1v) is 7.22. The SMILES string of the molecule is OCC1(CNCC2CCCc3ccccc32)CC1. The third-order valence-electron chi connectivity index (χ3n) is 4.68. The van der Waals surface area contributed by atoms with Gasteiger partial charge >= 0.3 is 0 Å². The number of aliphatic hydroxyl groups is 1. The van der Waals surface area contributed by atoms with Crippen LogP contribution in [0.2, 0.25) is 0 Å². The Morgan fingerprint density at radius 2 is 2.11 bits per heavy atom. The highest BCUT2D eigenvalue weighted by Gasteiger charge is 2.41. The van der Waals surface area contributed by atoms with Gasteiger partial charge in [-0.2, -0.15) is 0 Å². The summed E-state index contributed by atoms with van der Waals surface area (Å²) in [5, 5.41) is 12.9. The third-order valence-corrected chi connectivity index (χ3v) is 4.68. The average Bonchev–Trinajstić information content (AvgIpc) is 3.20. The van der Waals surface area contributed by atoms with Gasteiger partial charge in [-0.3, -0.25) is 0 Å². The van der Waals surface area contributed by atoms with Gasteiger partial charge in [-0.15, -0.1) is 0 Å². The zero-order valence-corrected chi connectivity index (χ0v) is 11.0.